The highest BCUT2D eigenvalue weighted by Crippen LogP contribution is 2.30. The molecule has 4 aromatic rings. The van der Waals surface area contributed by atoms with E-state index in [1.54, 1.807) is 24.6 Å². The zero-order valence-corrected chi connectivity index (χ0v) is 14.4. The first-order chi connectivity index (χ1) is 11.6. The fraction of sp³-hybridized carbons (Fsp3) is 0.235. The Morgan fingerprint density at radius 1 is 1.33 bits per heavy atom. The van der Waals surface area contributed by atoms with E-state index < -0.39 is 0 Å². The molecule has 7 heteroatoms. The average molecular weight is 340 g/mol. The number of hydrogen-bond donors (Lipinski definition) is 0. The van der Waals surface area contributed by atoms with Gasteiger partial charge < -0.3 is 9.30 Å². The normalized spacial score (nSPS) is 11.5. The van der Waals surface area contributed by atoms with Gasteiger partial charge in [-0.25, -0.2) is 9.67 Å². The molecule has 1 aromatic carbocycles. The van der Waals surface area contributed by atoms with E-state index >= 15 is 0 Å². The third-order valence-electron chi connectivity index (χ3n) is 4.10. The zero-order chi connectivity index (χ0) is 16.8. The number of ether oxygens (including phenoxy) is 1. The number of rotatable bonds is 3. The summed E-state index contributed by atoms with van der Waals surface area (Å²) in [4.78, 5) is 17.4. The van der Waals surface area contributed by atoms with E-state index in [2.05, 4.69) is 10.1 Å². The lowest BCUT2D eigenvalue weighted by Gasteiger charge is -2.07. The number of thiazole rings is 1. The lowest BCUT2D eigenvalue weighted by molar-refractivity contribution is 0.414. The molecule has 0 spiro atoms. The molecule has 0 saturated carbocycles. The first-order valence-electron chi connectivity index (χ1n) is 7.53. The Morgan fingerprint density at radius 3 is 2.96 bits per heavy atom. The van der Waals surface area contributed by atoms with Gasteiger partial charge in [-0.05, 0) is 24.6 Å². The molecular weight excluding hydrogens is 324 g/mol. The second-order valence-corrected chi connectivity index (χ2v) is 6.87. The number of nitrogens with zero attached hydrogens (tertiary/aromatic N) is 4. The number of hydrogen-bond acceptors (Lipinski definition) is 5. The zero-order valence-electron chi connectivity index (χ0n) is 13.6. The van der Waals surface area contributed by atoms with E-state index in [1.165, 1.54) is 4.68 Å². The smallest absolute Gasteiger partial charge is 0.291 e. The van der Waals surface area contributed by atoms with Gasteiger partial charge in [0.1, 0.15) is 11.3 Å². The Bertz CT molecular complexity index is 1120. The molecule has 0 aliphatic carbocycles. The molecular formula is C17H16N4O2S. The van der Waals surface area contributed by atoms with Crippen LogP contribution >= 0.6 is 11.3 Å². The molecule has 24 heavy (non-hydrogen) atoms. The molecule has 0 atom stereocenters. The Morgan fingerprint density at radius 2 is 2.17 bits per heavy atom. The highest BCUT2D eigenvalue weighted by Gasteiger charge is 2.17. The Balaban J connectivity index is 1.86. The molecule has 0 aliphatic rings. The van der Waals surface area contributed by atoms with Crippen molar-refractivity contribution in [3.8, 4) is 5.75 Å². The first kappa shape index (κ1) is 14.9. The van der Waals surface area contributed by atoms with Crippen LogP contribution in [0.15, 0.2) is 35.3 Å². The second-order valence-electron chi connectivity index (χ2n) is 5.67. The standard InChI is InChI=1S/C17H16N4O2S/c1-10-19-16-15(24-10)13-8-18-21(17(22)14(13)20(16)2)9-11-5-4-6-12(7-11)23-3/h4-8H,9H2,1-3H3. The molecule has 0 saturated heterocycles. The van der Waals surface area contributed by atoms with Gasteiger partial charge in [0.2, 0.25) is 0 Å². The largest absolute Gasteiger partial charge is 0.497 e. The summed E-state index contributed by atoms with van der Waals surface area (Å²) >= 11 is 1.59. The number of benzene rings is 1. The lowest BCUT2D eigenvalue weighted by Crippen LogP contribution is -2.24. The molecule has 0 aliphatic heterocycles. The number of fused-ring (bicyclic) bond motifs is 3. The Kier molecular flexibility index (Phi) is 3.38. The van der Waals surface area contributed by atoms with Crippen LogP contribution in [0.3, 0.4) is 0 Å². The van der Waals surface area contributed by atoms with Crippen LogP contribution in [0, 0.1) is 6.92 Å². The van der Waals surface area contributed by atoms with Crippen molar-refractivity contribution in [3.63, 3.8) is 0 Å². The molecule has 122 valence electrons. The van der Waals surface area contributed by atoms with E-state index in [0.717, 1.165) is 32.1 Å². The van der Waals surface area contributed by atoms with Crippen molar-refractivity contribution in [2.24, 2.45) is 7.05 Å². The molecule has 0 fully saturated rings. The fourth-order valence-corrected chi connectivity index (χ4v) is 3.91. The second kappa shape index (κ2) is 5.45. The van der Waals surface area contributed by atoms with Gasteiger partial charge in [0, 0.05) is 12.4 Å². The van der Waals surface area contributed by atoms with Crippen LogP contribution in [0.2, 0.25) is 0 Å². The number of aromatic nitrogens is 4. The predicted octanol–water partition coefficient (Wildman–Crippen LogP) is 2.71. The third kappa shape index (κ3) is 2.20. The van der Waals surface area contributed by atoms with E-state index in [-0.39, 0.29) is 5.56 Å². The Labute approximate surface area is 141 Å². The summed E-state index contributed by atoms with van der Waals surface area (Å²) in [6.45, 7) is 2.37. The van der Waals surface area contributed by atoms with Gasteiger partial charge in [0.15, 0.2) is 5.65 Å². The van der Waals surface area contributed by atoms with E-state index in [0.29, 0.717) is 12.1 Å². The van der Waals surface area contributed by atoms with Gasteiger partial charge in [-0.3, -0.25) is 4.79 Å². The summed E-state index contributed by atoms with van der Waals surface area (Å²) < 4.78 is 9.59. The van der Waals surface area contributed by atoms with Crippen molar-refractivity contribution in [2.45, 2.75) is 13.5 Å². The SMILES string of the molecule is COc1cccc(Cn2ncc3c4sc(C)nc4n(C)c3c2=O)c1. The van der Waals surface area contributed by atoms with Crippen LogP contribution in [-0.2, 0) is 13.6 Å². The van der Waals surface area contributed by atoms with Crippen molar-refractivity contribution in [2.75, 3.05) is 7.11 Å². The predicted molar refractivity (Wildman–Crippen MR) is 95.0 cm³/mol. The summed E-state index contributed by atoms with van der Waals surface area (Å²) in [6.07, 6.45) is 1.76. The van der Waals surface area contributed by atoms with Crippen LogP contribution < -0.4 is 10.3 Å². The van der Waals surface area contributed by atoms with Gasteiger partial charge >= 0.3 is 0 Å². The highest BCUT2D eigenvalue weighted by molar-refractivity contribution is 7.19. The topological polar surface area (TPSA) is 61.9 Å². The molecule has 0 amide bonds. The Hall–Kier alpha value is -2.67. The molecule has 0 unspecified atom stereocenters. The van der Waals surface area contributed by atoms with Crippen molar-refractivity contribution in [3.05, 3.63) is 51.4 Å². The van der Waals surface area contributed by atoms with Crippen molar-refractivity contribution in [1.82, 2.24) is 19.3 Å². The summed E-state index contributed by atoms with van der Waals surface area (Å²) in [6, 6.07) is 7.65. The van der Waals surface area contributed by atoms with Crippen molar-refractivity contribution in [1.29, 1.82) is 0 Å². The fourth-order valence-electron chi connectivity index (χ4n) is 2.95. The van der Waals surface area contributed by atoms with E-state index in [1.807, 2.05) is 42.8 Å². The molecule has 0 radical (unpaired) electrons. The van der Waals surface area contributed by atoms with Crippen LogP contribution in [0.1, 0.15) is 10.6 Å². The summed E-state index contributed by atoms with van der Waals surface area (Å²) in [7, 11) is 3.50. The van der Waals surface area contributed by atoms with Crippen LogP contribution in [-0.4, -0.2) is 26.4 Å². The maximum Gasteiger partial charge on any atom is 0.291 e. The molecule has 0 bridgehead atoms. The highest BCUT2D eigenvalue weighted by atomic mass is 32.1. The van der Waals surface area contributed by atoms with Gasteiger partial charge in [0.25, 0.3) is 5.56 Å². The van der Waals surface area contributed by atoms with Gasteiger partial charge in [0.05, 0.1) is 29.6 Å². The van der Waals surface area contributed by atoms with E-state index in [9.17, 15) is 4.79 Å². The van der Waals surface area contributed by atoms with Gasteiger partial charge in [-0.2, -0.15) is 5.10 Å². The minimum Gasteiger partial charge on any atom is -0.497 e. The maximum atomic E-state index is 12.9. The van der Waals surface area contributed by atoms with Gasteiger partial charge in [-0.15, -0.1) is 11.3 Å². The third-order valence-corrected chi connectivity index (χ3v) is 5.09. The molecule has 0 N–H and O–H groups in total. The van der Waals surface area contributed by atoms with Crippen LogP contribution in [0.25, 0.3) is 21.3 Å². The molecule has 6 nitrogen and oxygen atoms in total. The van der Waals surface area contributed by atoms with Crippen molar-refractivity contribution < 1.29 is 4.74 Å². The minimum absolute atomic E-state index is 0.110. The average Bonchev–Trinajstić information content (AvgIpc) is 3.08. The van der Waals surface area contributed by atoms with Crippen LogP contribution in [0.5, 0.6) is 5.75 Å². The first-order valence-corrected chi connectivity index (χ1v) is 8.34. The molecule has 3 aromatic heterocycles. The number of aryl methyl sites for hydroxylation is 2. The number of methoxy groups -OCH3 is 1. The maximum absolute atomic E-state index is 12.9. The molecule has 4 rings (SSSR count). The van der Waals surface area contributed by atoms with E-state index in [4.69, 9.17) is 4.74 Å². The lowest BCUT2D eigenvalue weighted by atomic mass is 10.2. The van der Waals surface area contributed by atoms with Crippen molar-refractivity contribution >= 4 is 32.6 Å². The van der Waals surface area contributed by atoms with Gasteiger partial charge in [-0.1, -0.05) is 12.1 Å². The quantitative estimate of drug-likeness (QED) is 0.575. The van der Waals surface area contributed by atoms with Crippen LogP contribution in [0.4, 0.5) is 0 Å². The monoisotopic (exact) mass is 340 g/mol. The summed E-state index contributed by atoms with van der Waals surface area (Å²) in [5.41, 5.74) is 2.33. The summed E-state index contributed by atoms with van der Waals surface area (Å²) in [5, 5.41) is 6.21. The summed E-state index contributed by atoms with van der Waals surface area (Å²) in [5.74, 6) is 0.765. The minimum atomic E-state index is -0.110. The molecule has 3 heterocycles.